The smallest absolute Gasteiger partial charge is 0.257 e. The van der Waals surface area contributed by atoms with E-state index >= 15 is 0 Å². The maximum atomic E-state index is 11.7. The summed E-state index contributed by atoms with van der Waals surface area (Å²) < 4.78 is 5.52. The van der Waals surface area contributed by atoms with E-state index in [0.717, 1.165) is 0 Å². The number of hydrogen-bond acceptors (Lipinski definition) is 5. The van der Waals surface area contributed by atoms with Crippen molar-refractivity contribution in [3.05, 3.63) is 18.2 Å². The molecule has 0 aliphatic heterocycles. The van der Waals surface area contributed by atoms with Gasteiger partial charge in [-0.1, -0.05) is 11.8 Å². The molecule has 0 saturated carbocycles. The van der Waals surface area contributed by atoms with Gasteiger partial charge in [-0.15, -0.1) is 0 Å². The summed E-state index contributed by atoms with van der Waals surface area (Å²) in [6.45, 7) is 5.83. The highest BCUT2D eigenvalue weighted by atomic mass is 32.2. The van der Waals surface area contributed by atoms with Crippen LogP contribution in [0.25, 0.3) is 11.1 Å². The number of fused-ring (bicyclic) bond motifs is 1. The first-order valence-corrected chi connectivity index (χ1v) is 6.92. The molecule has 0 saturated heterocycles. The van der Waals surface area contributed by atoms with Crippen LogP contribution >= 0.6 is 11.8 Å². The van der Waals surface area contributed by atoms with Crippen LogP contribution in [0.5, 0.6) is 0 Å². The summed E-state index contributed by atoms with van der Waals surface area (Å²) in [5, 5.41) is 3.36. The van der Waals surface area contributed by atoms with Gasteiger partial charge in [-0.25, -0.2) is 4.98 Å². The van der Waals surface area contributed by atoms with Crippen LogP contribution in [0.1, 0.15) is 20.8 Å². The number of carbonyl (C=O) groups excluding carboxylic acids is 1. The van der Waals surface area contributed by atoms with Crippen LogP contribution in [0.4, 0.5) is 5.69 Å². The second-order valence-electron chi connectivity index (χ2n) is 5.29. The first kappa shape index (κ1) is 13.7. The molecule has 19 heavy (non-hydrogen) atoms. The number of amides is 1. The Morgan fingerprint density at radius 1 is 1.47 bits per heavy atom. The van der Waals surface area contributed by atoms with Crippen LogP contribution in [0.15, 0.2) is 27.8 Å². The molecule has 0 unspecified atom stereocenters. The summed E-state index contributed by atoms with van der Waals surface area (Å²) in [6.07, 6.45) is 0. The Bertz CT molecular complexity index is 601. The fraction of sp³-hybridized carbons (Fsp3) is 0.385. The molecule has 0 aliphatic rings. The predicted octanol–water partition coefficient (Wildman–Crippen LogP) is 2.42. The third-order valence-corrected chi connectivity index (χ3v) is 3.06. The van der Waals surface area contributed by atoms with E-state index in [9.17, 15) is 4.79 Å². The van der Waals surface area contributed by atoms with Crippen molar-refractivity contribution in [2.75, 3.05) is 11.5 Å². The van der Waals surface area contributed by atoms with Crippen LogP contribution in [0, 0.1) is 0 Å². The molecule has 102 valence electrons. The minimum Gasteiger partial charge on any atom is -0.431 e. The van der Waals surface area contributed by atoms with Crippen molar-refractivity contribution in [1.82, 2.24) is 10.3 Å². The largest absolute Gasteiger partial charge is 0.431 e. The molecule has 0 bridgehead atoms. The zero-order valence-electron chi connectivity index (χ0n) is 11.2. The van der Waals surface area contributed by atoms with Crippen molar-refractivity contribution >= 4 is 34.5 Å². The first-order valence-electron chi connectivity index (χ1n) is 5.93. The average molecular weight is 279 g/mol. The van der Waals surface area contributed by atoms with Crippen LogP contribution < -0.4 is 11.1 Å². The third kappa shape index (κ3) is 3.89. The number of nitrogens with one attached hydrogen (secondary N) is 1. The fourth-order valence-corrected chi connectivity index (χ4v) is 2.21. The molecule has 2 aromatic rings. The number of rotatable bonds is 3. The summed E-state index contributed by atoms with van der Waals surface area (Å²) in [6, 6.07) is 5.28. The van der Waals surface area contributed by atoms with Crippen molar-refractivity contribution < 1.29 is 9.21 Å². The highest BCUT2D eigenvalue weighted by molar-refractivity contribution is 7.99. The number of carbonyl (C=O) groups is 1. The van der Waals surface area contributed by atoms with Crippen molar-refractivity contribution in [3.8, 4) is 0 Å². The van der Waals surface area contributed by atoms with E-state index < -0.39 is 0 Å². The summed E-state index contributed by atoms with van der Waals surface area (Å²) in [4.78, 5) is 16.0. The van der Waals surface area contributed by atoms with Gasteiger partial charge in [0, 0.05) is 11.2 Å². The van der Waals surface area contributed by atoms with Gasteiger partial charge >= 0.3 is 0 Å². The van der Waals surface area contributed by atoms with Crippen LogP contribution in [0.3, 0.4) is 0 Å². The standard InChI is InChI=1S/C13H17N3O2S/c1-13(2,3)16-11(17)7-19-12-15-9-6-8(14)4-5-10(9)18-12/h4-6H,7,14H2,1-3H3,(H,16,17). The van der Waals surface area contributed by atoms with Gasteiger partial charge in [0.2, 0.25) is 5.91 Å². The lowest BCUT2D eigenvalue weighted by molar-refractivity contribution is -0.119. The number of nitrogen functional groups attached to an aromatic ring is 1. The first-order chi connectivity index (χ1) is 8.83. The number of aromatic nitrogens is 1. The highest BCUT2D eigenvalue weighted by Crippen LogP contribution is 2.24. The number of benzene rings is 1. The normalized spacial score (nSPS) is 11.7. The number of hydrogen-bond donors (Lipinski definition) is 2. The maximum absolute atomic E-state index is 11.7. The molecule has 0 spiro atoms. The topological polar surface area (TPSA) is 81.2 Å². The molecule has 0 atom stereocenters. The number of thioether (sulfide) groups is 1. The maximum Gasteiger partial charge on any atom is 0.257 e. The fourth-order valence-electron chi connectivity index (χ4n) is 1.57. The molecule has 1 aromatic heterocycles. The molecule has 0 aliphatic carbocycles. The zero-order chi connectivity index (χ0) is 14.0. The van der Waals surface area contributed by atoms with E-state index in [0.29, 0.717) is 22.0 Å². The van der Waals surface area contributed by atoms with Crippen LogP contribution in [-0.4, -0.2) is 22.2 Å². The molecule has 1 heterocycles. The molecule has 0 fully saturated rings. The minimum atomic E-state index is -0.229. The third-order valence-electron chi connectivity index (χ3n) is 2.23. The van der Waals surface area contributed by atoms with Crippen LogP contribution in [-0.2, 0) is 4.79 Å². The molecule has 3 N–H and O–H groups in total. The summed E-state index contributed by atoms with van der Waals surface area (Å²) in [5.74, 6) is 0.235. The van der Waals surface area contributed by atoms with Gasteiger partial charge in [0.25, 0.3) is 5.22 Å². The predicted molar refractivity (Wildman–Crippen MR) is 77.0 cm³/mol. The molecular weight excluding hydrogens is 262 g/mol. The number of anilines is 1. The summed E-state index contributed by atoms with van der Waals surface area (Å²) in [7, 11) is 0. The SMILES string of the molecule is CC(C)(C)NC(=O)CSc1nc2cc(N)ccc2o1. The Hall–Kier alpha value is -1.69. The number of nitrogens with two attached hydrogens (primary N) is 1. The van der Waals surface area contributed by atoms with Gasteiger partial charge in [0.15, 0.2) is 5.58 Å². The highest BCUT2D eigenvalue weighted by Gasteiger charge is 2.15. The van der Waals surface area contributed by atoms with E-state index in [1.807, 2.05) is 20.8 Å². The van der Waals surface area contributed by atoms with E-state index in [4.69, 9.17) is 10.2 Å². The van der Waals surface area contributed by atoms with Crippen molar-refractivity contribution in [2.24, 2.45) is 0 Å². The quantitative estimate of drug-likeness (QED) is 0.666. The van der Waals surface area contributed by atoms with Crippen LogP contribution in [0.2, 0.25) is 0 Å². The van der Waals surface area contributed by atoms with Crippen molar-refractivity contribution in [1.29, 1.82) is 0 Å². The minimum absolute atomic E-state index is 0.0423. The zero-order valence-corrected chi connectivity index (χ0v) is 12.0. The Balaban J connectivity index is 2.00. The molecule has 1 amide bonds. The van der Waals surface area contributed by atoms with E-state index in [1.54, 1.807) is 18.2 Å². The van der Waals surface area contributed by atoms with Gasteiger partial charge < -0.3 is 15.5 Å². The van der Waals surface area contributed by atoms with Gasteiger partial charge in [0.05, 0.1) is 5.75 Å². The number of nitrogens with zero attached hydrogens (tertiary/aromatic N) is 1. The Morgan fingerprint density at radius 2 is 2.21 bits per heavy atom. The summed E-state index contributed by atoms with van der Waals surface area (Å²) in [5.41, 5.74) is 7.47. The lowest BCUT2D eigenvalue weighted by Crippen LogP contribution is -2.41. The lowest BCUT2D eigenvalue weighted by Gasteiger charge is -2.19. The van der Waals surface area contributed by atoms with Gasteiger partial charge in [-0.2, -0.15) is 0 Å². The van der Waals surface area contributed by atoms with E-state index in [2.05, 4.69) is 10.3 Å². The van der Waals surface area contributed by atoms with Gasteiger partial charge in [0.1, 0.15) is 5.52 Å². The van der Waals surface area contributed by atoms with Crippen molar-refractivity contribution in [2.45, 2.75) is 31.5 Å². The molecule has 1 aromatic carbocycles. The second kappa shape index (κ2) is 5.13. The van der Waals surface area contributed by atoms with E-state index in [1.165, 1.54) is 11.8 Å². The molecule has 5 nitrogen and oxygen atoms in total. The molecule has 6 heteroatoms. The average Bonchev–Trinajstić information content (AvgIpc) is 2.66. The monoisotopic (exact) mass is 279 g/mol. The van der Waals surface area contributed by atoms with E-state index in [-0.39, 0.29) is 17.2 Å². The number of oxazole rings is 1. The van der Waals surface area contributed by atoms with Gasteiger partial charge in [-0.3, -0.25) is 4.79 Å². The van der Waals surface area contributed by atoms with Gasteiger partial charge in [-0.05, 0) is 39.0 Å². The Kier molecular flexibility index (Phi) is 3.71. The Morgan fingerprint density at radius 3 is 2.89 bits per heavy atom. The molecule has 0 radical (unpaired) electrons. The lowest BCUT2D eigenvalue weighted by atomic mass is 10.1. The molecule has 2 rings (SSSR count). The Labute approximate surface area is 115 Å². The molecular formula is C13H17N3O2S. The van der Waals surface area contributed by atoms with Crippen molar-refractivity contribution in [3.63, 3.8) is 0 Å². The second-order valence-corrected chi connectivity index (χ2v) is 6.22. The summed E-state index contributed by atoms with van der Waals surface area (Å²) >= 11 is 1.27.